The Balaban J connectivity index is 3.73. The van der Waals surface area contributed by atoms with Crippen molar-refractivity contribution in [2.45, 2.75) is 21.3 Å². The quantitative estimate of drug-likeness (QED) is 0.580. The molecular weight excluding hydrogens is 356 g/mol. The van der Waals surface area contributed by atoms with Gasteiger partial charge in [0.15, 0.2) is 0 Å². The number of hydrogen-bond donors (Lipinski definition) is 0. The van der Waals surface area contributed by atoms with Crippen LogP contribution in [-0.2, 0) is 24.4 Å². The van der Waals surface area contributed by atoms with Crippen LogP contribution in [-0.4, -0.2) is 41.4 Å². The summed E-state index contributed by atoms with van der Waals surface area (Å²) in [6.07, 6.45) is 0. The molecule has 0 radical (unpaired) electrons. The van der Waals surface area contributed by atoms with Gasteiger partial charge >= 0.3 is 17.5 Å². The third-order valence-corrected chi connectivity index (χ3v) is 5.15. The monoisotopic (exact) mass is 364 g/mol. The molecule has 0 aliphatic heterocycles. The first-order chi connectivity index (χ1) is 9.94. The first-order valence-corrected chi connectivity index (χ1v) is 8.31. The number of benzene rings is 1. The summed E-state index contributed by atoms with van der Waals surface area (Å²) in [6, 6.07) is 0.963. The molecule has 1 aromatic rings. The lowest BCUT2D eigenvalue weighted by Gasteiger charge is -2.09. The maximum absolute atomic E-state index is 12.5. The molecule has 124 valence electrons. The van der Waals surface area contributed by atoms with Gasteiger partial charge in [0.2, 0.25) is 19.7 Å². The zero-order valence-corrected chi connectivity index (χ0v) is 12.3. The number of methoxy groups -OCH3 is 1. The number of hydrogen-bond acceptors (Lipinski definition) is 6. The van der Waals surface area contributed by atoms with E-state index in [1.165, 1.54) is 0 Å². The van der Waals surface area contributed by atoms with Gasteiger partial charge in [-0.15, -0.1) is 0 Å². The van der Waals surface area contributed by atoms with Crippen LogP contribution in [0.15, 0.2) is 28.0 Å². The van der Waals surface area contributed by atoms with Crippen LogP contribution in [0.1, 0.15) is 10.4 Å². The Morgan fingerprint density at radius 1 is 0.909 bits per heavy atom. The maximum atomic E-state index is 12.5. The van der Waals surface area contributed by atoms with E-state index in [1.54, 1.807) is 0 Å². The maximum Gasteiger partial charge on any atom is 0.341 e. The minimum atomic E-state index is -5.30. The fraction of sp³-hybridized carbons (Fsp3) is 0.300. The van der Waals surface area contributed by atoms with E-state index in [4.69, 9.17) is 0 Å². The Hall–Kier alpha value is -1.69. The summed E-state index contributed by atoms with van der Waals surface area (Å²) in [4.78, 5) is 8.75. The van der Waals surface area contributed by atoms with E-state index >= 15 is 0 Å². The van der Waals surface area contributed by atoms with Gasteiger partial charge in [0, 0.05) is 0 Å². The van der Waals surface area contributed by atoms with Crippen LogP contribution in [0, 0.1) is 0 Å². The lowest BCUT2D eigenvalue weighted by atomic mass is 10.2. The van der Waals surface area contributed by atoms with Gasteiger partial charge in [0.25, 0.3) is 0 Å². The Morgan fingerprint density at radius 3 is 1.55 bits per heavy atom. The van der Waals surface area contributed by atoms with Gasteiger partial charge in [-0.1, -0.05) is 0 Å². The van der Waals surface area contributed by atoms with Crippen LogP contribution >= 0.6 is 0 Å². The first-order valence-electron chi connectivity index (χ1n) is 5.22. The second kappa shape index (κ2) is 6.20. The Morgan fingerprint density at radius 2 is 1.27 bits per heavy atom. The molecule has 0 aliphatic rings. The molecule has 6 nitrogen and oxygen atoms in total. The second-order valence-electron chi connectivity index (χ2n) is 3.80. The van der Waals surface area contributed by atoms with Crippen molar-refractivity contribution in [3.8, 4) is 0 Å². The van der Waals surface area contributed by atoms with Crippen LogP contribution in [0.3, 0.4) is 0 Å². The van der Waals surface area contributed by atoms with E-state index in [-0.39, 0.29) is 6.07 Å². The molecule has 0 aromatic heterocycles. The normalized spacial score (nSPS) is 12.7. The van der Waals surface area contributed by atoms with Crippen molar-refractivity contribution in [2.75, 3.05) is 7.11 Å². The van der Waals surface area contributed by atoms with Crippen molar-refractivity contribution in [1.29, 1.82) is 0 Å². The van der Waals surface area contributed by atoms with Gasteiger partial charge in [0.1, 0.15) is 0 Å². The molecule has 1 aromatic carbocycles. The smallest absolute Gasteiger partial charge is 0.341 e. The topological polar surface area (TPSA) is 94.6 Å². The predicted molar refractivity (Wildman–Crippen MR) is 64.2 cm³/mol. The lowest BCUT2D eigenvalue weighted by molar-refractivity contribution is 0.0600. The lowest BCUT2D eigenvalue weighted by Crippen LogP contribution is -2.17. The largest absolute Gasteiger partial charge is 0.465 e. The highest BCUT2D eigenvalue weighted by Crippen LogP contribution is 2.26. The zero-order chi connectivity index (χ0) is 17.3. The molecule has 0 unspecified atom stereocenters. The molecule has 0 spiro atoms. The molecule has 12 heteroatoms. The average molecular weight is 364 g/mol. The van der Waals surface area contributed by atoms with Gasteiger partial charge in [-0.2, -0.15) is 17.6 Å². The van der Waals surface area contributed by atoms with E-state index in [2.05, 4.69) is 4.74 Å². The number of halogens is 4. The highest BCUT2D eigenvalue weighted by atomic mass is 32.2. The molecule has 0 amide bonds. The first kappa shape index (κ1) is 18.4. The molecule has 0 heterocycles. The summed E-state index contributed by atoms with van der Waals surface area (Å²) in [5.41, 5.74) is -0.775. The standard InChI is InChI=1S/C10H8F4O6S2/c1-20-8(15)5-2-6(21(16,17)9(11)12)4-7(3-5)22(18,19)10(13)14/h2-4,9-10H,1H3. The van der Waals surface area contributed by atoms with Crippen LogP contribution in [0.4, 0.5) is 17.6 Å². The van der Waals surface area contributed by atoms with E-state index in [1.807, 2.05) is 0 Å². The Bertz CT molecular complexity index is 729. The molecule has 0 N–H and O–H groups in total. The van der Waals surface area contributed by atoms with Crippen molar-refractivity contribution < 1.29 is 43.9 Å². The van der Waals surface area contributed by atoms with Crippen molar-refractivity contribution in [2.24, 2.45) is 0 Å². The molecule has 0 fully saturated rings. The minimum absolute atomic E-state index is 0.134. The average Bonchev–Trinajstić information content (AvgIpc) is 2.45. The van der Waals surface area contributed by atoms with Crippen LogP contribution in [0.25, 0.3) is 0 Å². The van der Waals surface area contributed by atoms with Crippen LogP contribution in [0.5, 0.6) is 0 Å². The molecule has 0 saturated carbocycles. The zero-order valence-electron chi connectivity index (χ0n) is 10.7. The van der Waals surface area contributed by atoms with Gasteiger partial charge in [0.05, 0.1) is 22.5 Å². The molecular formula is C10H8F4O6S2. The Kier molecular flexibility index (Phi) is 5.18. The molecule has 22 heavy (non-hydrogen) atoms. The number of rotatable bonds is 5. The number of ether oxygens (including phenoxy) is 1. The number of carbonyl (C=O) groups excluding carboxylic acids is 1. The van der Waals surface area contributed by atoms with E-state index in [9.17, 15) is 39.2 Å². The fourth-order valence-electron chi connectivity index (χ4n) is 1.34. The third-order valence-electron chi connectivity index (χ3n) is 2.43. The van der Waals surface area contributed by atoms with Crippen LogP contribution < -0.4 is 0 Å². The highest BCUT2D eigenvalue weighted by molar-refractivity contribution is 7.92. The molecule has 0 atom stereocenters. The van der Waals surface area contributed by atoms with E-state index in [0.717, 1.165) is 7.11 Å². The van der Waals surface area contributed by atoms with Gasteiger partial charge in [-0.05, 0) is 18.2 Å². The highest BCUT2D eigenvalue weighted by Gasteiger charge is 2.33. The number of alkyl halides is 4. The third kappa shape index (κ3) is 3.38. The fourth-order valence-corrected chi connectivity index (χ4v) is 2.99. The van der Waals surface area contributed by atoms with Crippen molar-refractivity contribution in [3.63, 3.8) is 0 Å². The van der Waals surface area contributed by atoms with Crippen molar-refractivity contribution in [1.82, 2.24) is 0 Å². The summed E-state index contributed by atoms with van der Waals surface area (Å²) in [5, 5.41) is 0. The van der Waals surface area contributed by atoms with Gasteiger partial charge < -0.3 is 4.74 Å². The van der Waals surface area contributed by atoms with E-state index in [0.29, 0.717) is 12.1 Å². The molecule has 0 saturated heterocycles. The minimum Gasteiger partial charge on any atom is -0.465 e. The predicted octanol–water partition coefficient (Wildman–Crippen LogP) is 1.47. The van der Waals surface area contributed by atoms with Gasteiger partial charge in [-0.25, -0.2) is 21.6 Å². The number of carbonyl (C=O) groups is 1. The summed E-state index contributed by atoms with van der Waals surface area (Å²) in [5.74, 6) is -9.14. The summed E-state index contributed by atoms with van der Waals surface area (Å²) in [7, 11) is -9.75. The summed E-state index contributed by atoms with van der Waals surface area (Å²) >= 11 is 0. The van der Waals surface area contributed by atoms with Crippen LogP contribution in [0.2, 0.25) is 0 Å². The summed E-state index contributed by atoms with van der Waals surface area (Å²) < 4.78 is 99.6. The second-order valence-corrected chi connectivity index (χ2v) is 7.63. The SMILES string of the molecule is COC(=O)c1cc(S(=O)(=O)C(F)F)cc(S(=O)(=O)C(F)F)c1. The van der Waals surface area contributed by atoms with Crippen molar-refractivity contribution in [3.05, 3.63) is 23.8 Å². The number of sulfone groups is 2. The number of esters is 1. The van der Waals surface area contributed by atoms with Gasteiger partial charge in [-0.3, -0.25) is 0 Å². The summed E-state index contributed by atoms with van der Waals surface area (Å²) in [6.45, 7) is 0. The van der Waals surface area contributed by atoms with Crippen molar-refractivity contribution >= 4 is 25.6 Å². The van der Waals surface area contributed by atoms with E-state index < -0.39 is 52.5 Å². The molecule has 0 bridgehead atoms. The molecule has 1 rings (SSSR count). The molecule has 0 aliphatic carbocycles. The Labute approximate surface area is 122 Å².